The molecule has 4 aromatic rings. The van der Waals surface area contributed by atoms with Crippen LogP contribution in [0.4, 0.5) is 11.4 Å². The Balaban J connectivity index is 1.39. The Morgan fingerprint density at radius 3 is 2.11 bits per heavy atom. The molecule has 1 aliphatic heterocycles. The Hall–Kier alpha value is -3.95. The van der Waals surface area contributed by atoms with E-state index in [1.54, 1.807) is 7.11 Å². The van der Waals surface area contributed by atoms with Gasteiger partial charge in [-0.05, 0) is 48.9 Å². The van der Waals surface area contributed by atoms with Crippen molar-refractivity contribution in [1.29, 1.82) is 5.26 Å². The summed E-state index contributed by atoms with van der Waals surface area (Å²) in [7, 11) is 1.66. The predicted molar refractivity (Wildman–Crippen MR) is 146 cm³/mol. The first-order valence-electron chi connectivity index (χ1n) is 12.6. The number of nitrogens with zero attached hydrogens (tertiary/aromatic N) is 4. The molecule has 6 heteroatoms. The zero-order valence-electron chi connectivity index (χ0n) is 21.0. The van der Waals surface area contributed by atoms with Gasteiger partial charge in [0.1, 0.15) is 18.4 Å². The highest BCUT2D eigenvalue weighted by Crippen LogP contribution is 2.36. The number of aromatic nitrogens is 1. The van der Waals surface area contributed by atoms with Gasteiger partial charge in [-0.15, -0.1) is 0 Å². The predicted octanol–water partition coefficient (Wildman–Crippen LogP) is 5.55. The number of methoxy groups -OCH3 is 1. The monoisotopic (exact) mass is 480 g/mol. The molecule has 1 aliphatic rings. The molecule has 5 rings (SSSR count). The largest absolute Gasteiger partial charge is 0.491 e. The van der Waals surface area contributed by atoms with Crippen molar-refractivity contribution in [1.82, 2.24) is 4.57 Å². The standard InChI is InChI=1S/C30H32N4O2/c1-3-34-29-21-26(36-20-19-35-2)13-14-27(29)28(22-31)30(34)23-9-11-25(12-10-23)33-17-15-32(16-18-33)24-7-5-4-6-8-24/h4-14,21H,3,15-20H2,1-2H3. The molecule has 0 saturated carbocycles. The Morgan fingerprint density at radius 2 is 1.50 bits per heavy atom. The van der Waals surface area contributed by atoms with Crippen LogP contribution in [0.5, 0.6) is 5.75 Å². The van der Waals surface area contributed by atoms with Crippen LogP contribution in [0.2, 0.25) is 0 Å². The number of benzene rings is 3. The zero-order valence-corrected chi connectivity index (χ0v) is 21.0. The molecular formula is C30H32N4O2. The molecule has 0 spiro atoms. The van der Waals surface area contributed by atoms with Crippen molar-refractivity contribution < 1.29 is 9.47 Å². The molecule has 1 fully saturated rings. The second-order valence-electron chi connectivity index (χ2n) is 8.96. The average Bonchev–Trinajstić information content (AvgIpc) is 3.26. The highest BCUT2D eigenvalue weighted by molar-refractivity contribution is 5.95. The van der Waals surface area contributed by atoms with E-state index in [9.17, 15) is 5.26 Å². The normalized spacial score (nSPS) is 13.7. The second-order valence-corrected chi connectivity index (χ2v) is 8.96. The molecule has 1 aromatic heterocycles. The quantitative estimate of drug-likeness (QED) is 0.310. The van der Waals surface area contributed by atoms with Crippen molar-refractivity contribution in [3.8, 4) is 23.1 Å². The van der Waals surface area contributed by atoms with Crippen LogP contribution in [-0.4, -0.2) is 51.1 Å². The maximum absolute atomic E-state index is 10.1. The van der Waals surface area contributed by atoms with E-state index in [1.807, 2.05) is 18.2 Å². The Labute approximate surface area is 212 Å². The lowest BCUT2D eigenvalue weighted by Gasteiger charge is -2.37. The Bertz CT molecular complexity index is 1350. The summed E-state index contributed by atoms with van der Waals surface area (Å²) in [5, 5.41) is 11.0. The van der Waals surface area contributed by atoms with Gasteiger partial charge in [0.25, 0.3) is 0 Å². The summed E-state index contributed by atoms with van der Waals surface area (Å²) < 4.78 is 13.1. The highest BCUT2D eigenvalue weighted by Gasteiger charge is 2.20. The summed E-state index contributed by atoms with van der Waals surface area (Å²) in [6.07, 6.45) is 0. The van der Waals surface area contributed by atoms with Gasteiger partial charge in [-0.1, -0.05) is 30.3 Å². The van der Waals surface area contributed by atoms with Crippen molar-refractivity contribution in [2.45, 2.75) is 13.5 Å². The molecule has 184 valence electrons. The van der Waals surface area contributed by atoms with Crippen LogP contribution in [0.25, 0.3) is 22.2 Å². The van der Waals surface area contributed by atoms with E-state index in [2.05, 4.69) is 82.0 Å². The molecule has 0 bridgehead atoms. The summed E-state index contributed by atoms with van der Waals surface area (Å²) in [6.45, 7) is 7.88. The molecule has 36 heavy (non-hydrogen) atoms. The van der Waals surface area contributed by atoms with Crippen molar-refractivity contribution in [2.24, 2.45) is 0 Å². The number of hydrogen-bond acceptors (Lipinski definition) is 5. The van der Waals surface area contributed by atoms with Crippen molar-refractivity contribution >= 4 is 22.3 Å². The van der Waals surface area contributed by atoms with E-state index in [-0.39, 0.29) is 0 Å². The van der Waals surface area contributed by atoms with E-state index in [0.717, 1.165) is 60.6 Å². The molecule has 0 aliphatic carbocycles. The van der Waals surface area contributed by atoms with E-state index >= 15 is 0 Å². The Kier molecular flexibility index (Phi) is 7.11. The van der Waals surface area contributed by atoms with Gasteiger partial charge in [0, 0.05) is 62.7 Å². The van der Waals surface area contributed by atoms with E-state index in [1.165, 1.54) is 11.4 Å². The molecule has 0 atom stereocenters. The van der Waals surface area contributed by atoms with Crippen LogP contribution >= 0.6 is 0 Å². The van der Waals surface area contributed by atoms with Gasteiger partial charge in [-0.25, -0.2) is 0 Å². The molecule has 0 radical (unpaired) electrons. The first kappa shape index (κ1) is 23.8. The van der Waals surface area contributed by atoms with Crippen molar-refractivity contribution in [2.75, 3.05) is 56.3 Å². The maximum Gasteiger partial charge on any atom is 0.121 e. The molecule has 0 amide bonds. The van der Waals surface area contributed by atoms with Crippen LogP contribution in [0.15, 0.2) is 72.8 Å². The Morgan fingerprint density at radius 1 is 0.833 bits per heavy atom. The molecule has 0 unspecified atom stereocenters. The lowest BCUT2D eigenvalue weighted by molar-refractivity contribution is 0.146. The number of fused-ring (bicyclic) bond motifs is 1. The first-order chi connectivity index (χ1) is 17.7. The summed E-state index contributed by atoms with van der Waals surface area (Å²) >= 11 is 0. The second kappa shape index (κ2) is 10.8. The molecule has 1 saturated heterocycles. The minimum atomic E-state index is 0.494. The van der Waals surface area contributed by atoms with E-state index in [4.69, 9.17) is 9.47 Å². The third kappa shape index (κ3) is 4.62. The lowest BCUT2D eigenvalue weighted by atomic mass is 10.1. The van der Waals surface area contributed by atoms with E-state index in [0.29, 0.717) is 18.8 Å². The van der Waals surface area contributed by atoms with Crippen LogP contribution in [-0.2, 0) is 11.3 Å². The van der Waals surface area contributed by atoms with Gasteiger partial charge in [-0.2, -0.15) is 5.26 Å². The minimum Gasteiger partial charge on any atom is -0.491 e. The summed E-state index contributed by atoms with van der Waals surface area (Å²) in [6, 6.07) is 27.7. The molecule has 3 aromatic carbocycles. The van der Waals surface area contributed by atoms with Crippen molar-refractivity contribution in [3.05, 3.63) is 78.4 Å². The molecule has 0 N–H and O–H groups in total. The summed E-state index contributed by atoms with van der Waals surface area (Å²) in [5.74, 6) is 0.785. The highest BCUT2D eigenvalue weighted by atomic mass is 16.5. The maximum atomic E-state index is 10.1. The van der Waals surface area contributed by atoms with Crippen LogP contribution in [0.1, 0.15) is 12.5 Å². The number of ether oxygens (including phenoxy) is 2. The van der Waals surface area contributed by atoms with Crippen LogP contribution in [0.3, 0.4) is 0 Å². The van der Waals surface area contributed by atoms with Gasteiger partial charge >= 0.3 is 0 Å². The molecular weight excluding hydrogens is 448 g/mol. The van der Waals surface area contributed by atoms with Gasteiger partial charge in [-0.3, -0.25) is 0 Å². The van der Waals surface area contributed by atoms with E-state index < -0.39 is 0 Å². The van der Waals surface area contributed by atoms with Gasteiger partial charge in [0.05, 0.1) is 23.4 Å². The zero-order chi connectivity index (χ0) is 24.9. The smallest absolute Gasteiger partial charge is 0.121 e. The fraction of sp³-hybridized carbons (Fsp3) is 0.300. The number of para-hydroxylation sites is 1. The number of piperazine rings is 1. The first-order valence-corrected chi connectivity index (χ1v) is 12.6. The van der Waals surface area contributed by atoms with Crippen LogP contribution < -0.4 is 14.5 Å². The SMILES string of the molecule is CCn1c(-c2ccc(N3CCN(c4ccccc4)CC3)cc2)c(C#N)c2ccc(OCCOC)cc21. The average molecular weight is 481 g/mol. The topological polar surface area (TPSA) is 53.7 Å². The number of nitriles is 1. The van der Waals surface area contributed by atoms with Crippen LogP contribution in [0, 0.1) is 11.3 Å². The number of rotatable bonds is 8. The molecule has 2 heterocycles. The van der Waals surface area contributed by atoms with Crippen molar-refractivity contribution in [3.63, 3.8) is 0 Å². The minimum absolute atomic E-state index is 0.494. The fourth-order valence-electron chi connectivity index (χ4n) is 5.10. The molecule has 6 nitrogen and oxygen atoms in total. The number of hydrogen-bond donors (Lipinski definition) is 0. The van der Waals surface area contributed by atoms with Gasteiger partial charge in [0.15, 0.2) is 0 Å². The number of aryl methyl sites for hydroxylation is 1. The fourth-order valence-corrected chi connectivity index (χ4v) is 5.10. The lowest BCUT2D eigenvalue weighted by Crippen LogP contribution is -2.46. The van der Waals surface area contributed by atoms with Gasteiger partial charge in [0.2, 0.25) is 0 Å². The third-order valence-corrected chi connectivity index (χ3v) is 6.93. The van der Waals surface area contributed by atoms with Gasteiger partial charge < -0.3 is 23.8 Å². The summed E-state index contributed by atoms with van der Waals surface area (Å²) in [4.78, 5) is 4.88. The summed E-state index contributed by atoms with van der Waals surface area (Å²) in [5.41, 5.74) is 6.25. The third-order valence-electron chi connectivity index (χ3n) is 6.93. The number of anilines is 2.